The molecule has 1 unspecified atom stereocenters. The highest BCUT2D eigenvalue weighted by atomic mass is 16.6. The number of likely N-dealkylation sites (N-methyl/N-ethyl adjacent to an activating group) is 1. The van der Waals surface area contributed by atoms with Gasteiger partial charge in [-0.1, -0.05) is 0 Å². The van der Waals surface area contributed by atoms with E-state index in [4.69, 9.17) is 9.31 Å². The predicted octanol–water partition coefficient (Wildman–Crippen LogP) is -1.18. The van der Waals surface area contributed by atoms with Gasteiger partial charge in [0, 0.05) is 7.11 Å². The lowest BCUT2D eigenvalue weighted by Gasteiger charge is -2.24. The van der Waals surface area contributed by atoms with Crippen LogP contribution in [-0.4, -0.2) is 51.1 Å². The molecule has 0 spiro atoms. The third-order valence-corrected chi connectivity index (χ3v) is 1.92. The predicted molar refractivity (Wildman–Crippen MR) is 40.8 cm³/mol. The van der Waals surface area contributed by atoms with Gasteiger partial charge in [-0.25, -0.2) is 4.79 Å². The SMILES string of the molecule is COB1OC(=O)C[N+]1(C)CC=O. The number of carbonyl (C=O) groups excluding carboxylic acids is 2. The van der Waals surface area contributed by atoms with Crippen LogP contribution >= 0.6 is 0 Å². The number of aldehydes is 1. The molecule has 0 bridgehead atoms. The van der Waals surface area contributed by atoms with Crippen LogP contribution in [0.15, 0.2) is 0 Å². The van der Waals surface area contributed by atoms with E-state index in [0.29, 0.717) is 0 Å². The number of hydrogen-bond acceptors (Lipinski definition) is 4. The maximum absolute atomic E-state index is 10.9. The largest absolute Gasteiger partial charge is 0.833 e. The number of carbonyl (C=O) groups is 2. The van der Waals surface area contributed by atoms with Gasteiger partial charge in [0.15, 0.2) is 12.8 Å². The van der Waals surface area contributed by atoms with Gasteiger partial charge in [-0.3, -0.25) is 4.79 Å². The molecule has 0 N–H and O–H groups in total. The molecule has 5 nitrogen and oxygen atoms in total. The first-order chi connectivity index (χ1) is 5.62. The van der Waals surface area contributed by atoms with Crippen molar-refractivity contribution in [1.29, 1.82) is 0 Å². The summed E-state index contributed by atoms with van der Waals surface area (Å²) in [6.45, 7) is 0.418. The molecule has 0 aliphatic carbocycles. The summed E-state index contributed by atoms with van der Waals surface area (Å²) in [7, 11) is 2.56. The highest BCUT2D eigenvalue weighted by Gasteiger charge is 2.55. The molecule has 1 aliphatic rings. The monoisotopic (exact) mass is 172 g/mol. The molecule has 1 rings (SSSR count). The Morgan fingerprint density at radius 2 is 2.50 bits per heavy atom. The van der Waals surface area contributed by atoms with Crippen LogP contribution in [0.2, 0.25) is 0 Å². The topological polar surface area (TPSA) is 52.6 Å². The quantitative estimate of drug-likeness (QED) is 0.397. The first-order valence-corrected chi connectivity index (χ1v) is 3.62. The zero-order chi connectivity index (χ0) is 9.19. The van der Waals surface area contributed by atoms with Gasteiger partial charge >= 0.3 is 13.2 Å². The van der Waals surface area contributed by atoms with Crippen LogP contribution in [0.3, 0.4) is 0 Å². The summed E-state index contributed by atoms with van der Waals surface area (Å²) in [5.74, 6) is -0.328. The van der Waals surface area contributed by atoms with Gasteiger partial charge in [-0.05, 0) is 0 Å². The van der Waals surface area contributed by atoms with E-state index < -0.39 is 7.25 Å². The van der Waals surface area contributed by atoms with Crippen molar-refractivity contribution in [3.63, 3.8) is 0 Å². The minimum atomic E-state index is -0.636. The number of nitrogens with zero attached hydrogens (tertiary/aromatic N) is 1. The van der Waals surface area contributed by atoms with Gasteiger partial charge < -0.3 is 13.7 Å². The second-order valence-electron chi connectivity index (χ2n) is 3.02. The zero-order valence-corrected chi connectivity index (χ0v) is 7.15. The Bertz CT molecular complexity index is 210. The van der Waals surface area contributed by atoms with Gasteiger partial charge in [0.25, 0.3) is 0 Å². The van der Waals surface area contributed by atoms with E-state index in [2.05, 4.69) is 0 Å². The van der Waals surface area contributed by atoms with Crippen molar-refractivity contribution in [3.05, 3.63) is 0 Å². The normalized spacial score (nSPS) is 28.8. The molecule has 0 aromatic rings. The summed E-state index contributed by atoms with van der Waals surface area (Å²) < 4.78 is 9.93. The van der Waals surface area contributed by atoms with Gasteiger partial charge in [-0.15, -0.1) is 0 Å². The number of hydrogen-bond donors (Lipinski definition) is 0. The molecule has 0 amide bonds. The van der Waals surface area contributed by atoms with Gasteiger partial charge in [0.1, 0.15) is 6.54 Å². The highest BCUT2D eigenvalue weighted by Crippen LogP contribution is 2.15. The average Bonchev–Trinajstić information content (AvgIpc) is 2.26. The molecule has 66 valence electrons. The third kappa shape index (κ3) is 1.49. The van der Waals surface area contributed by atoms with Crippen LogP contribution in [0.4, 0.5) is 0 Å². The Morgan fingerprint density at radius 1 is 1.83 bits per heavy atom. The fourth-order valence-electron chi connectivity index (χ4n) is 1.27. The van der Waals surface area contributed by atoms with Crippen LogP contribution in [0, 0.1) is 0 Å². The summed E-state index contributed by atoms with van der Waals surface area (Å²) in [4.78, 5) is 21.2. The first kappa shape index (κ1) is 9.21. The van der Waals surface area contributed by atoms with E-state index in [1.54, 1.807) is 7.05 Å². The number of quaternary nitrogens is 1. The lowest BCUT2D eigenvalue weighted by molar-refractivity contribution is -0.794. The van der Waals surface area contributed by atoms with Crippen LogP contribution in [-0.2, 0) is 18.9 Å². The van der Waals surface area contributed by atoms with Crippen molar-refractivity contribution < 1.29 is 23.3 Å². The molecule has 0 aromatic heterocycles. The van der Waals surface area contributed by atoms with Crippen LogP contribution in [0.25, 0.3) is 0 Å². The smallest absolute Gasteiger partial charge is 0.450 e. The van der Waals surface area contributed by atoms with Crippen LogP contribution in [0.5, 0.6) is 0 Å². The van der Waals surface area contributed by atoms with Gasteiger partial charge in [-0.2, -0.15) is 0 Å². The molecular formula is C6H11BNO4+. The minimum Gasteiger partial charge on any atom is -0.450 e. The summed E-state index contributed by atoms with van der Waals surface area (Å²) in [5.41, 5.74) is 0. The summed E-state index contributed by atoms with van der Waals surface area (Å²) >= 11 is 0. The lowest BCUT2D eigenvalue weighted by Crippen LogP contribution is -2.54. The Hall–Kier alpha value is -0.875. The molecule has 0 saturated carbocycles. The molecule has 0 aromatic carbocycles. The third-order valence-electron chi connectivity index (χ3n) is 1.92. The van der Waals surface area contributed by atoms with E-state index in [1.165, 1.54) is 7.11 Å². The van der Waals surface area contributed by atoms with E-state index in [-0.39, 0.29) is 23.5 Å². The van der Waals surface area contributed by atoms with E-state index in [0.717, 1.165) is 6.29 Å². The van der Waals surface area contributed by atoms with Crippen molar-refractivity contribution in [3.8, 4) is 0 Å². The zero-order valence-electron chi connectivity index (χ0n) is 7.15. The highest BCUT2D eigenvalue weighted by molar-refractivity contribution is 6.40. The lowest BCUT2D eigenvalue weighted by atomic mass is 10.0. The standard InChI is InChI=1S/C6H11BNO4/c1-8(3-4-9)5-6(10)12-7(8)11-2/h4H,3,5H2,1-2H3/q+1. The second kappa shape index (κ2) is 3.24. The summed E-state index contributed by atoms with van der Waals surface area (Å²) in [6, 6.07) is 0. The maximum Gasteiger partial charge on any atom is 0.833 e. The molecule has 1 fully saturated rings. The van der Waals surface area contributed by atoms with E-state index >= 15 is 0 Å². The summed E-state index contributed by atoms with van der Waals surface area (Å²) in [5, 5.41) is 0. The summed E-state index contributed by atoms with van der Waals surface area (Å²) in [6.07, 6.45) is 0.758. The molecule has 1 saturated heterocycles. The van der Waals surface area contributed by atoms with Crippen LogP contribution < -0.4 is 0 Å². The molecule has 1 aliphatic heterocycles. The minimum absolute atomic E-state index is 0.179. The molecule has 6 heteroatoms. The van der Waals surface area contributed by atoms with Crippen LogP contribution in [0.1, 0.15) is 0 Å². The molecule has 1 heterocycles. The maximum atomic E-state index is 10.9. The average molecular weight is 172 g/mol. The van der Waals surface area contributed by atoms with Crippen molar-refractivity contribution in [1.82, 2.24) is 0 Å². The van der Waals surface area contributed by atoms with Crippen molar-refractivity contribution in [2.45, 2.75) is 0 Å². The Kier molecular flexibility index (Phi) is 2.49. The number of rotatable bonds is 3. The van der Waals surface area contributed by atoms with Crippen molar-refractivity contribution in [2.24, 2.45) is 0 Å². The molecule has 0 radical (unpaired) electrons. The van der Waals surface area contributed by atoms with Gasteiger partial charge in [0.2, 0.25) is 0 Å². The Morgan fingerprint density at radius 3 is 3.00 bits per heavy atom. The van der Waals surface area contributed by atoms with Gasteiger partial charge in [0.05, 0.1) is 7.05 Å². The second-order valence-corrected chi connectivity index (χ2v) is 3.02. The van der Waals surface area contributed by atoms with E-state index in [9.17, 15) is 9.59 Å². The molecule has 12 heavy (non-hydrogen) atoms. The Balaban J connectivity index is 2.72. The fraction of sp³-hybridized carbons (Fsp3) is 0.667. The first-order valence-electron chi connectivity index (χ1n) is 3.62. The van der Waals surface area contributed by atoms with E-state index in [1.807, 2.05) is 0 Å². The van der Waals surface area contributed by atoms with Crippen molar-refractivity contribution >= 4 is 19.5 Å². The Labute approximate surface area is 71.0 Å². The fourth-order valence-corrected chi connectivity index (χ4v) is 1.27. The molecule has 1 atom stereocenters. The molecular weight excluding hydrogens is 161 g/mol. The van der Waals surface area contributed by atoms with Crippen molar-refractivity contribution in [2.75, 3.05) is 27.2 Å².